The molecule has 0 radical (unpaired) electrons. The van der Waals surface area contributed by atoms with Crippen LogP contribution in [-0.4, -0.2) is 78.1 Å². The summed E-state index contributed by atoms with van der Waals surface area (Å²) in [6.07, 6.45) is 1.41. The van der Waals surface area contributed by atoms with E-state index in [9.17, 15) is 9.59 Å². The van der Waals surface area contributed by atoms with Gasteiger partial charge in [-0.05, 0) is 29.8 Å². The van der Waals surface area contributed by atoms with Crippen LogP contribution in [0.3, 0.4) is 0 Å². The van der Waals surface area contributed by atoms with Gasteiger partial charge < -0.3 is 29.7 Å². The summed E-state index contributed by atoms with van der Waals surface area (Å²) in [6.45, 7) is 0.930. The van der Waals surface area contributed by atoms with Crippen molar-refractivity contribution in [2.24, 2.45) is 0 Å². The molecule has 2 N–H and O–H groups in total. The van der Waals surface area contributed by atoms with Crippen LogP contribution in [0.15, 0.2) is 42.7 Å². The number of nitrogens with two attached hydrogens (primary N) is 1. The van der Waals surface area contributed by atoms with Crippen molar-refractivity contribution in [1.82, 2.24) is 19.8 Å². The fraction of sp³-hybridized carbons (Fsp3) is 0.333. The number of anilines is 1. The lowest BCUT2D eigenvalue weighted by Gasteiger charge is -2.40. The average Bonchev–Trinajstić information content (AvgIpc) is 2.85. The summed E-state index contributed by atoms with van der Waals surface area (Å²) >= 11 is 6.06. The zero-order valence-corrected chi connectivity index (χ0v) is 20.2. The first-order chi connectivity index (χ1) is 16.9. The van der Waals surface area contributed by atoms with Crippen LogP contribution in [0.1, 0.15) is 5.56 Å². The minimum absolute atomic E-state index is 0.0769. The lowest BCUT2D eigenvalue weighted by atomic mass is 10.1. The van der Waals surface area contributed by atoms with Gasteiger partial charge in [-0.1, -0.05) is 17.7 Å². The highest BCUT2D eigenvalue weighted by atomic mass is 35.5. The van der Waals surface area contributed by atoms with E-state index >= 15 is 0 Å². The van der Waals surface area contributed by atoms with Crippen LogP contribution in [0.2, 0.25) is 5.02 Å². The zero-order valence-electron chi connectivity index (χ0n) is 19.4. The predicted octanol–water partition coefficient (Wildman–Crippen LogP) is 2.14. The van der Waals surface area contributed by atoms with Crippen LogP contribution >= 0.6 is 11.6 Å². The standard InChI is InChI=1S/C24H26ClN5O5/c1-33-12-21-24(32)29(11-15-3-4-19-20(7-15)27-14-28-23(19)26)5-6-30(21)22(31)13-35-18-9-16(25)8-17(10-18)34-2/h3-4,7-10,14,21H,5-6,11-13H2,1-2H3,(H2,26,27,28)/t21-/m0/s1. The Morgan fingerprint density at radius 1 is 1.14 bits per heavy atom. The maximum absolute atomic E-state index is 13.3. The summed E-state index contributed by atoms with van der Waals surface area (Å²) in [7, 11) is 3.01. The molecule has 0 bridgehead atoms. The molecule has 1 aromatic heterocycles. The van der Waals surface area contributed by atoms with E-state index in [1.807, 2.05) is 18.2 Å². The van der Waals surface area contributed by atoms with E-state index in [4.69, 9.17) is 31.5 Å². The van der Waals surface area contributed by atoms with Crippen molar-refractivity contribution in [2.45, 2.75) is 12.6 Å². The Morgan fingerprint density at radius 2 is 1.94 bits per heavy atom. The first-order valence-corrected chi connectivity index (χ1v) is 11.3. The van der Waals surface area contributed by atoms with Gasteiger partial charge in [0, 0.05) is 43.2 Å². The predicted molar refractivity (Wildman–Crippen MR) is 130 cm³/mol. The van der Waals surface area contributed by atoms with E-state index in [-0.39, 0.29) is 25.0 Å². The molecule has 35 heavy (non-hydrogen) atoms. The Kier molecular flexibility index (Phi) is 7.52. The van der Waals surface area contributed by atoms with Gasteiger partial charge in [0.1, 0.15) is 29.7 Å². The van der Waals surface area contributed by atoms with Gasteiger partial charge in [0.05, 0.1) is 19.2 Å². The van der Waals surface area contributed by atoms with Crippen LogP contribution in [0.25, 0.3) is 10.9 Å². The van der Waals surface area contributed by atoms with Gasteiger partial charge >= 0.3 is 0 Å². The van der Waals surface area contributed by atoms with Crippen molar-refractivity contribution in [3.8, 4) is 11.5 Å². The molecule has 2 amide bonds. The molecule has 0 aliphatic carbocycles. The Bertz CT molecular complexity index is 1240. The Balaban J connectivity index is 1.44. The number of carbonyl (C=O) groups excluding carboxylic acids is 2. The second-order valence-electron chi connectivity index (χ2n) is 8.04. The van der Waals surface area contributed by atoms with Crippen molar-refractivity contribution in [2.75, 3.05) is 46.3 Å². The van der Waals surface area contributed by atoms with Crippen LogP contribution in [0.5, 0.6) is 11.5 Å². The molecule has 11 heteroatoms. The van der Waals surface area contributed by atoms with Gasteiger partial charge in [0.15, 0.2) is 6.61 Å². The van der Waals surface area contributed by atoms with Gasteiger partial charge in [-0.25, -0.2) is 9.97 Å². The van der Waals surface area contributed by atoms with Crippen molar-refractivity contribution >= 4 is 40.1 Å². The monoisotopic (exact) mass is 499 g/mol. The van der Waals surface area contributed by atoms with Crippen LogP contribution < -0.4 is 15.2 Å². The molecule has 1 fully saturated rings. The fourth-order valence-electron chi connectivity index (χ4n) is 4.02. The summed E-state index contributed by atoms with van der Waals surface area (Å²) in [4.78, 5) is 37.7. The number of carbonyl (C=O) groups is 2. The number of hydrogen-bond acceptors (Lipinski definition) is 8. The number of piperazine rings is 1. The van der Waals surface area contributed by atoms with Gasteiger partial charge in [0.25, 0.3) is 5.91 Å². The van der Waals surface area contributed by atoms with E-state index in [2.05, 4.69) is 9.97 Å². The van der Waals surface area contributed by atoms with E-state index < -0.39 is 6.04 Å². The van der Waals surface area contributed by atoms with Crippen molar-refractivity contribution < 1.29 is 23.8 Å². The van der Waals surface area contributed by atoms with Gasteiger partial charge in [-0.3, -0.25) is 9.59 Å². The highest BCUT2D eigenvalue weighted by Crippen LogP contribution is 2.26. The molecule has 184 valence electrons. The van der Waals surface area contributed by atoms with Crippen LogP contribution in [0.4, 0.5) is 5.82 Å². The first-order valence-electron chi connectivity index (χ1n) is 10.9. The number of nitrogens with zero attached hydrogens (tertiary/aromatic N) is 4. The number of methoxy groups -OCH3 is 2. The second-order valence-corrected chi connectivity index (χ2v) is 8.48. The summed E-state index contributed by atoms with van der Waals surface area (Å²) in [5.74, 6) is 0.805. The molecule has 0 unspecified atom stereocenters. The second kappa shape index (κ2) is 10.7. The highest BCUT2D eigenvalue weighted by Gasteiger charge is 2.37. The number of benzene rings is 2. The third-order valence-corrected chi connectivity index (χ3v) is 5.99. The lowest BCUT2D eigenvalue weighted by Crippen LogP contribution is -2.60. The molecular formula is C24H26ClN5O5. The molecular weight excluding hydrogens is 474 g/mol. The molecule has 2 aromatic carbocycles. The molecule has 2 heterocycles. The van der Waals surface area contributed by atoms with E-state index in [0.29, 0.717) is 47.5 Å². The Hall–Kier alpha value is -3.63. The van der Waals surface area contributed by atoms with Crippen molar-refractivity contribution in [3.05, 3.63) is 53.3 Å². The number of aromatic nitrogens is 2. The number of hydrogen-bond donors (Lipinski definition) is 1. The van der Waals surface area contributed by atoms with E-state index in [1.165, 1.54) is 25.4 Å². The van der Waals surface area contributed by atoms with Crippen LogP contribution in [0, 0.1) is 0 Å². The SMILES string of the molecule is COC[C@H]1C(=O)N(Cc2ccc3c(N)ncnc3c2)CCN1C(=O)COc1cc(Cl)cc(OC)c1. The molecule has 1 saturated heterocycles. The van der Waals surface area contributed by atoms with E-state index in [1.54, 1.807) is 23.1 Å². The van der Waals surface area contributed by atoms with Crippen molar-refractivity contribution in [3.63, 3.8) is 0 Å². The molecule has 4 rings (SSSR count). The highest BCUT2D eigenvalue weighted by molar-refractivity contribution is 6.30. The summed E-state index contributed by atoms with van der Waals surface area (Å²) in [5.41, 5.74) is 7.51. The summed E-state index contributed by atoms with van der Waals surface area (Å²) < 4.78 is 16.1. The molecule has 3 aromatic rings. The number of rotatable bonds is 8. The largest absolute Gasteiger partial charge is 0.497 e. The molecule has 1 atom stereocenters. The maximum Gasteiger partial charge on any atom is 0.261 e. The third-order valence-electron chi connectivity index (χ3n) is 5.78. The first kappa shape index (κ1) is 24.5. The molecule has 10 nitrogen and oxygen atoms in total. The number of amides is 2. The zero-order chi connectivity index (χ0) is 24.9. The number of nitrogen functional groups attached to an aromatic ring is 1. The molecule has 1 aliphatic rings. The molecule has 1 aliphatic heterocycles. The summed E-state index contributed by atoms with van der Waals surface area (Å²) in [5, 5.41) is 1.18. The smallest absolute Gasteiger partial charge is 0.261 e. The quantitative estimate of drug-likeness (QED) is 0.500. The van der Waals surface area contributed by atoms with E-state index in [0.717, 1.165) is 10.9 Å². The fourth-order valence-corrected chi connectivity index (χ4v) is 4.24. The van der Waals surface area contributed by atoms with Crippen LogP contribution in [-0.2, 0) is 20.9 Å². The lowest BCUT2D eigenvalue weighted by molar-refractivity contribution is -0.155. The minimum atomic E-state index is -0.753. The summed E-state index contributed by atoms with van der Waals surface area (Å²) in [6, 6.07) is 9.74. The van der Waals surface area contributed by atoms with Gasteiger partial charge in [-0.15, -0.1) is 0 Å². The number of ether oxygens (including phenoxy) is 3. The number of halogens is 1. The maximum atomic E-state index is 13.3. The van der Waals surface area contributed by atoms with Gasteiger partial charge in [-0.2, -0.15) is 0 Å². The minimum Gasteiger partial charge on any atom is -0.497 e. The van der Waals surface area contributed by atoms with Gasteiger partial charge in [0.2, 0.25) is 5.91 Å². The van der Waals surface area contributed by atoms with Crippen molar-refractivity contribution in [1.29, 1.82) is 0 Å². The molecule has 0 spiro atoms. The average molecular weight is 500 g/mol. The molecule has 0 saturated carbocycles. The Morgan fingerprint density at radius 3 is 2.71 bits per heavy atom. The third kappa shape index (κ3) is 5.55. The Labute approximate surface area is 207 Å². The number of fused-ring (bicyclic) bond motifs is 1. The normalized spacial score (nSPS) is 16.0. The topological polar surface area (TPSA) is 120 Å².